The van der Waals surface area contributed by atoms with Crippen LogP contribution in [0, 0.1) is 0 Å². The fourth-order valence-electron chi connectivity index (χ4n) is 0.922. The lowest BCUT2D eigenvalue weighted by Crippen LogP contribution is -1.82. The van der Waals surface area contributed by atoms with Crippen molar-refractivity contribution >= 4 is 24.4 Å². The summed E-state index contributed by atoms with van der Waals surface area (Å²) >= 11 is 6.04. The van der Waals surface area contributed by atoms with Gasteiger partial charge in [-0.15, -0.1) is 11.8 Å². The van der Waals surface area contributed by atoms with Crippen LogP contribution in [-0.2, 0) is 4.74 Å². The van der Waals surface area contributed by atoms with Crippen LogP contribution in [0.15, 0.2) is 11.5 Å². The van der Waals surface area contributed by atoms with Crippen molar-refractivity contribution in [2.45, 2.75) is 25.7 Å². The molecule has 0 atom stereocenters. The first-order valence-electron chi connectivity index (χ1n) is 4.78. The van der Waals surface area contributed by atoms with Crippen LogP contribution in [0.1, 0.15) is 25.7 Å². The maximum Gasteiger partial charge on any atom is 0.0651 e. The van der Waals surface area contributed by atoms with Crippen LogP contribution in [0.5, 0.6) is 0 Å². The lowest BCUT2D eigenvalue weighted by molar-refractivity contribution is 0.234. The van der Waals surface area contributed by atoms with Gasteiger partial charge in [0, 0.05) is 7.11 Å². The zero-order valence-electron chi connectivity index (χ0n) is 8.37. The molecular weight excluding hydrogens is 200 g/mol. The molecule has 3 heteroatoms. The molecule has 1 nitrogen and oxygen atoms in total. The summed E-state index contributed by atoms with van der Waals surface area (Å²) in [5.41, 5.74) is 0. The summed E-state index contributed by atoms with van der Waals surface area (Å²) in [7, 11) is 1.71. The molecule has 78 valence electrons. The summed E-state index contributed by atoms with van der Waals surface area (Å²) in [5.74, 6) is 2.26. The Morgan fingerprint density at radius 3 is 2.69 bits per heavy atom. The second-order valence-corrected chi connectivity index (χ2v) is 4.30. The van der Waals surface area contributed by atoms with Crippen molar-refractivity contribution in [2.24, 2.45) is 0 Å². The summed E-state index contributed by atoms with van der Waals surface area (Å²) in [6.07, 6.45) is 7.29. The average Bonchev–Trinajstić information content (AvgIpc) is 2.16. The van der Waals surface area contributed by atoms with Gasteiger partial charge >= 0.3 is 0 Å². The Morgan fingerprint density at radius 1 is 1.23 bits per heavy atom. The summed E-state index contributed by atoms with van der Waals surface area (Å²) in [6.45, 7) is 0.729. The van der Waals surface area contributed by atoms with Gasteiger partial charge in [-0.25, -0.2) is 0 Å². The predicted octanol–water partition coefficient (Wildman–Crippen LogP) is 3.37. The number of rotatable bonds is 9. The molecule has 0 aliphatic rings. The van der Waals surface area contributed by atoms with Gasteiger partial charge in [0.15, 0.2) is 0 Å². The minimum atomic E-state index is 0.729. The Kier molecular flexibility index (Phi) is 12.8. The maximum absolute atomic E-state index is 4.89. The van der Waals surface area contributed by atoms with Gasteiger partial charge in [0.1, 0.15) is 0 Å². The van der Waals surface area contributed by atoms with E-state index in [1.54, 1.807) is 7.11 Å². The Morgan fingerprint density at radius 2 is 2.00 bits per heavy atom. The van der Waals surface area contributed by atoms with Crippen molar-refractivity contribution in [1.29, 1.82) is 0 Å². The van der Waals surface area contributed by atoms with Crippen LogP contribution < -0.4 is 0 Å². The van der Waals surface area contributed by atoms with E-state index in [0.29, 0.717) is 0 Å². The van der Waals surface area contributed by atoms with Gasteiger partial charge in [0.25, 0.3) is 0 Å². The van der Waals surface area contributed by atoms with Crippen molar-refractivity contribution in [1.82, 2.24) is 0 Å². The number of thioether (sulfide) groups is 1. The number of unbranched alkanes of at least 4 members (excludes halogenated alkanes) is 3. The molecule has 0 rings (SSSR count). The number of thiol groups is 1. The largest absolute Gasteiger partial charge is 0.381 e. The molecule has 0 aliphatic heterocycles. The Bertz CT molecular complexity index is 115. The fraction of sp³-hybridized carbons (Fsp3) is 0.800. The summed E-state index contributed by atoms with van der Waals surface area (Å²) in [5, 5.41) is 2.13. The van der Waals surface area contributed by atoms with Gasteiger partial charge in [-0.1, -0.05) is 18.9 Å². The van der Waals surface area contributed by atoms with Gasteiger partial charge in [-0.05, 0) is 29.8 Å². The van der Waals surface area contributed by atoms with Crippen LogP contribution in [0.4, 0.5) is 0 Å². The number of ether oxygens (including phenoxy) is 1. The molecule has 0 heterocycles. The second-order valence-electron chi connectivity index (χ2n) is 2.84. The highest BCUT2D eigenvalue weighted by atomic mass is 32.2. The molecule has 13 heavy (non-hydrogen) atoms. The minimum absolute atomic E-state index is 0.729. The summed E-state index contributed by atoms with van der Waals surface area (Å²) in [6, 6.07) is 0. The van der Waals surface area contributed by atoms with Gasteiger partial charge < -0.3 is 4.74 Å². The molecule has 0 aromatic carbocycles. The van der Waals surface area contributed by atoms with E-state index < -0.39 is 0 Å². The van der Waals surface area contributed by atoms with Crippen LogP contribution >= 0.6 is 24.4 Å². The highest BCUT2D eigenvalue weighted by Crippen LogP contribution is 2.08. The average molecular weight is 220 g/mol. The lowest BCUT2D eigenvalue weighted by atomic mass is 10.2. The highest BCUT2D eigenvalue weighted by molar-refractivity contribution is 8.02. The third-order valence-corrected chi connectivity index (χ3v) is 2.85. The van der Waals surface area contributed by atoms with E-state index in [2.05, 4.69) is 24.1 Å². The van der Waals surface area contributed by atoms with E-state index in [1.807, 2.05) is 11.8 Å². The Hall–Kier alpha value is 0.400. The molecule has 0 amide bonds. The monoisotopic (exact) mass is 220 g/mol. The number of methoxy groups -OCH3 is 1. The number of hydrogen-bond donors (Lipinski definition) is 1. The van der Waals surface area contributed by atoms with E-state index >= 15 is 0 Å². The first-order valence-corrected chi connectivity index (χ1v) is 6.46. The summed E-state index contributed by atoms with van der Waals surface area (Å²) < 4.78 is 4.89. The Labute approximate surface area is 91.7 Å². The normalized spacial score (nSPS) is 11.2. The van der Waals surface area contributed by atoms with Gasteiger partial charge in [-0.2, -0.15) is 12.6 Å². The van der Waals surface area contributed by atoms with Crippen LogP contribution in [0.3, 0.4) is 0 Å². The van der Waals surface area contributed by atoms with E-state index in [9.17, 15) is 0 Å². The lowest BCUT2D eigenvalue weighted by Gasteiger charge is -1.97. The van der Waals surface area contributed by atoms with Crippen molar-refractivity contribution in [2.75, 3.05) is 25.2 Å². The molecule has 0 aliphatic carbocycles. The molecule has 0 spiro atoms. The molecule has 0 N–H and O–H groups in total. The second kappa shape index (κ2) is 12.4. The van der Waals surface area contributed by atoms with Crippen LogP contribution in [0.2, 0.25) is 0 Å². The van der Waals surface area contributed by atoms with Crippen molar-refractivity contribution in [3.63, 3.8) is 0 Å². The minimum Gasteiger partial charge on any atom is -0.381 e. The Balaban J connectivity index is 2.91. The highest BCUT2D eigenvalue weighted by Gasteiger charge is 1.87. The number of hydrogen-bond acceptors (Lipinski definition) is 3. The van der Waals surface area contributed by atoms with Crippen molar-refractivity contribution < 1.29 is 4.74 Å². The molecule has 0 saturated carbocycles. The zero-order valence-corrected chi connectivity index (χ0v) is 10.1. The standard InChI is InChI=1S/C10H20OS2/c1-11-7-6-10-13-9-5-3-2-4-8-12/h6,10,12H,2-5,7-9H2,1H3/b10-6+. The molecule has 0 radical (unpaired) electrons. The molecule has 0 fully saturated rings. The van der Waals surface area contributed by atoms with E-state index in [1.165, 1.54) is 31.4 Å². The van der Waals surface area contributed by atoms with Crippen molar-refractivity contribution in [3.8, 4) is 0 Å². The SMILES string of the molecule is COC/C=C/SCCCCCCS. The molecule has 0 bridgehead atoms. The molecule has 0 unspecified atom stereocenters. The molecule has 0 aromatic rings. The fourth-order valence-corrected chi connectivity index (χ4v) is 1.87. The first kappa shape index (κ1) is 13.4. The van der Waals surface area contributed by atoms with Gasteiger partial charge in [0.05, 0.1) is 6.61 Å². The first-order chi connectivity index (χ1) is 6.41. The topological polar surface area (TPSA) is 9.23 Å². The molecule has 0 aromatic heterocycles. The third kappa shape index (κ3) is 12.4. The van der Waals surface area contributed by atoms with Crippen molar-refractivity contribution in [3.05, 3.63) is 11.5 Å². The summed E-state index contributed by atoms with van der Waals surface area (Å²) in [4.78, 5) is 0. The molecular formula is C10H20OS2. The van der Waals surface area contributed by atoms with E-state index in [4.69, 9.17) is 4.74 Å². The quantitative estimate of drug-likeness (QED) is 0.471. The van der Waals surface area contributed by atoms with Gasteiger partial charge in [-0.3, -0.25) is 0 Å². The zero-order chi connectivity index (χ0) is 9.78. The molecule has 0 saturated heterocycles. The van der Waals surface area contributed by atoms with Crippen LogP contribution in [-0.4, -0.2) is 25.2 Å². The van der Waals surface area contributed by atoms with E-state index in [0.717, 1.165) is 12.4 Å². The predicted molar refractivity (Wildman–Crippen MR) is 65.8 cm³/mol. The van der Waals surface area contributed by atoms with Gasteiger partial charge in [0.2, 0.25) is 0 Å². The maximum atomic E-state index is 4.89. The van der Waals surface area contributed by atoms with E-state index in [-0.39, 0.29) is 0 Å². The van der Waals surface area contributed by atoms with Crippen LogP contribution in [0.25, 0.3) is 0 Å². The third-order valence-electron chi connectivity index (χ3n) is 1.63. The smallest absolute Gasteiger partial charge is 0.0651 e.